The molecule has 6 heteroatoms. The second kappa shape index (κ2) is 5.29. The smallest absolute Gasteiger partial charge is 0.269 e. The number of rotatable bonds is 4. The highest BCUT2D eigenvalue weighted by Gasteiger charge is 2.10. The van der Waals surface area contributed by atoms with E-state index < -0.39 is 0 Å². The van der Waals surface area contributed by atoms with E-state index in [0.717, 1.165) is 5.69 Å². The number of hydrogen-bond donors (Lipinski definition) is 2. The Morgan fingerprint density at radius 2 is 2.00 bits per heavy atom. The van der Waals surface area contributed by atoms with Gasteiger partial charge >= 0.3 is 0 Å². The van der Waals surface area contributed by atoms with Gasteiger partial charge in [-0.3, -0.25) is 14.3 Å². The normalized spacial score (nSPS) is 9.94. The maximum Gasteiger partial charge on any atom is 0.269 e. The van der Waals surface area contributed by atoms with Gasteiger partial charge in [-0.1, -0.05) is 0 Å². The molecule has 16 heavy (non-hydrogen) atoms. The highest BCUT2D eigenvalue weighted by atomic mass is 16.2. The van der Waals surface area contributed by atoms with Crippen LogP contribution in [-0.4, -0.2) is 34.7 Å². The van der Waals surface area contributed by atoms with Gasteiger partial charge in [-0.05, 0) is 13.0 Å². The Morgan fingerprint density at radius 3 is 2.50 bits per heavy atom. The lowest BCUT2D eigenvalue weighted by atomic mass is 10.3. The molecule has 0 spiro atoms. The molecule has 0 saturated carbocycles. The minimum Gasteiger partial charge on any atom is -0.355 e. The van der Waals surface area contributed by atoms with Crippen molar-refractivity contribution in [2.75, 3.05) is 13.1 Å². The lowest BCUT2D eigenvalue weighted by Gasteiger charge is -2.05. The Morgan fingerprint density at radius 1 is 1.38 bits per heavy atom. The van der Waals surface area contributed by atoms with E-state index in [4.69, 9.17) is 0 Å². The van der Waals surface area contributed by atoms with Crippen LogP contribution in [0.3, 0.4) is 0 Å². The lowest BCUT2D eigenvalue weighted by molar-refractivity contribution is -0.118. The molecule has 6 nitrogen and oxygen atoms in total. The molecule has 0 aliphatic rings. The monoisotopic (exact) mass is 224 g/mol. The van der Waals surface area contributed by atoms with Gasteiger partial charge in [0.1, 0.15) is 5.69 Å². The zero-order valence-electron chi connectivity index (χ0n) is 9.70. The van der Waals surface area contributed by atoms with E-state index >= 15 is 0 Å². The van der Waals surface area contributed by atoms with E-state index in [-0.39, 0.29) is 11.8 Å². The fourth-order valence-electron chi connectivity index (χ4n) is 1.33. The molecule has 0 aliphatic heterocycles. The molecule has 0 unspecified atom stereocenters. The van der Waals surface area contributed by atoms with Crippen LogP contribution in [0.5, 0.6) is 0 Å². The number of hydrogen-bond acceptors (Lipinski definition) is 3. The zero-order valence-corrected chi connectivity index (χ0v) is 9.70. The van der Waals surface area contributed by atoms with Gasteiger partial charge in [-0.15, -0.1) is 0 Å². The summed E-state index contributed by atoms with van der Waals surface area (Å²) in [4.78, 5) is 22.2. The fraction of sp³-hybridized carbons (Fsp3) is 0.500. The predicted octanol–water partition coefficient (Wildman–Crippen LogP) is -0.406. The van der Waals surface area contributed by atoms with Gasteiger partial charge < -0.3 is 10.6 Å². The van der Waals surface area contributed by atoms with Crippen molar-refractivity contribution in [1.82, 2.24) is 20.4 Å². The van der Waals surface area contributed by atoms with Gasteiger partial charge in [0.05, 0.1) is 5.69 Å². The van der Waals surface area contributed by atoms with Gasteiger partial charge in [0.15, 0.2) is 0 Å². The zero-order chi connectivity index (χ0) is 12.1. The van der Waals surface area contributed by atoms with Crippen LogP contribution in [0.4, 0.5) is 0 Å². The third-order valence-corrected chi connectivity index (χ3v) is 2.02. The van der Waals surface area contributed by atoms with E-state index in [2.05, 4.69) is 15.7 Å². The number of carbonyl (C=O) groups excluding carboxylic acids is 2. The van der Waals surface area contributed by atoms with Crippen molar-refractivity contribution in [3.05, 3.63) is 17.5 Å². The maximum absolute atomic E-state index is 11.6. The van der Waals surface area contributed by atoms with E-state index in [1.54, 1.807) is 13.1 Å². The van der Waals surface area contributed by atoms with Gasteiger partial charge in [0.2, 0.25) is 5.91 Å². The van der Waals surface area contributed by atoms with Crippen LogP contribution >= 0.6 is 0 Å². The second-order valence-electron chi connectivity index (χ2n) is 3.53. The Labute approximate surface area is 94.0 Å². The Hall–Kier alpha value is -1.85. The van der Waals surface area contributed by atoms with Crippen LogP contribution in [-0.2, 0) is 11.8 Å². The Kier molecular flexibility index (Phi) is 4.04. The number of aryl methyl sites for hydroxylation is 2. The largest absolute Gasteiger partial charge is 0.355 e. The summed E-state index contributed by atoms with van der Waals surface area (Å²) in [5.74, 6) is -0.293. The SMILES string of the molecule is CC(=O)NCCNC(=O)c1cc(C)nn1C. The average Bonchev–Trinajstić information content (AvgIpc) is 2.52. The summed E-state index contributed by atoms with van der Waals surface area (Å²) in [5, 5.41) is 9.36. The van der Waals surface area contributed by atoms with Crippen LogP contribution in [0, 0.1) is 6.92 Å². The molecule has 1 aromatic heterocycles. The third kappa shape index (κ3) is 3.38. The first-order valence-corrected chi connectivity index (χ1v) is 5.04. The van der Waals surface area contributed by atoms with Crippen LogP contribution in [0.1, 0.15) is 23.1 Å². The number of nitrogens with zero attached hydrogens (tertiary/aromatic N) is 2. The van der Waals surface area contributed by atoms with Crippen molar-refractivity contribution in [3.8, 4) is 0 Å². The van der Waals surface area contributed by atoms with Crippen molar-refractivity contribution in [2.45, 2.75) is 13.8 Å². The number of carbonyl (C=O) groups is 2. The summed E-state index contributed by atoms with van der Waals surface area (Å²) in [6, 6.07) is 1.72. The Bertz CT molecular complexity index is 398. The number of amides is 2. The average molecular weight is 224 g/mol. The minimum absolute atomic E-state index is 0.106. The summed E-state index contributed by atoms with van der Waals surface area (Å²) in [7, 11) is 1.72. The minimum atomic E-state index is -0.187. The van der Waals surface area contributed by atoms with E-state index in [1.807, 2.05) is 6.92 Å². The van der Waals surface area contributed by atoms with Gasteiger partial charge in [0.25, 0.3) is 5.91 Å². The quantitative estimate of drug-likeness (QED) is 0.683. The number of aromatic nitrogens is 2. The molecule has 1 rings (SSSR count). The van der Waals surface area contributed by atoms with Crippen molar-refractivity contribution >= 4 is 11.8 Å². The molecule has 0 atom stereocenters. The Balaban J connectivity index is 2.41. The number of nitrogens with one attached hydrogen (secondary N) is 2. The van der Waals surface area contributed by atoms with Gasteiger partial charge in [-0.25, -0.2) is 0 Å². The van der Waals surface area contributed by atoms with E-state index in [9.17, 15) is 9.59 Å². The molecule has 0 fully saturated rings. The summed E-state index contributed by atoms with van der Waals surface area (Å²) < 4.78 is 1.53. The molecular formula is C10H16N4O2. The first-order valence-electron chi connectivity index (χ1n) is 5.04. The molecule has 1 aromatic rings. The van der Waals surface area contributed by atoms with Crippen molar-refractivity contribution < 1.29 is 9.59 Å². The maximum atomic E-state index is 11.6. The fourth-order valence-corrected chi connectivity index (χ4v) is 1.33. The topological polar surface area (TPSA) is 76.0 Å². The molecule has 88 valence electrons. The third-order valence-electron chi connectivity index (χ3n) is 2.02. The molecular weight excluding hydrogens is 208 g/mol. The van der Waals surface area contributed by atoms with Crippen LogP contribution in [0.15, 0.2) is 6.07 Å². The first kappa shape index (κ1) is 12.2. The summed E-state index contributed by atoms with van der Waals surface area (Å²) >= 11 is 0. The highest BCUT2D eigenvalue weighted by molar-refractivity contribution is 5.92. The molecule has 2 N–H and O–H groups in total. The van der Waals surface area contributed by atoms with Gasteiger partial charge in [0, 0.05) is 27.1 Å². The van der Waals surface area contributed by atoms with Crippen molar-refractivity contribution in [2.24, 2.45) is 7.05 Å². The van der Waals surface area contributed by atoms with Crippen molar-refractivity contribution in [1.29, 1.82) is 0 Å². The lowest BCUT2D eigenvalue weighted by Crippen LogP contribution is -2.34. The molecule has 0 aliphatic carbocycles. The molecule has 0 bridgehead atoms. The van der Waals surface area contributed by atoms with Crippen molar-refractivity contribution in [3.63, 3.8) is 0 Å². The molecule has 0 aromatic carbocycles. The van der Waals surface area contributed by atoms with E-state index in [1.165, 1.54) is 11.6 Å². The molecule has 2 amide bonds. The summed E-state index contributed by atoms with van der Waals surface area (Å²) in [5.41, 5.74) is 1.31. The van der Waals surface area contributed by atoms with Crippen LogP contribution < -0.4 is 10.6 Å². The molecule has 1 heterocycles. The molecule has 0 radical (unpaired) electrons. The summed E-state index contributed by atoms with van der Waals surface area (Å²) in [6.45, 7) is 4.10. The van der Waals surface area contributed by atoms with E-state index in [0.29, 0.717) is 18.8 Å². The predicted molar refractivity (Wildman–Crippen MR) is 59.0 cm³/mol. The summed E-state index contributed by atoms with van der Waals surface area (Å²) in [6.07, 6.45) is 0. The van der Waals surface area contributed by atoms with Gasteiger partial charge in [-0.2, -0.15) is 5.10 Å². The van der Waals surface area contributed by atoms with Crippen LogP contribution in [0.2, 0.25) is 0 Å². The highest BCUT2D eigenvalue weighted by Crippen LogP contribution is 2.00. The van der Waals surface area contributed by atoms with Crippen LogP contribution in [0.25, 0.3) is 0 Å². The standard InChI is InChI=1S/C10H16N4O2/c1-7-6-9(14(3)13-7)10(16)12-5-4-11-8(2)15/h6H,4-5H2,1-3H3,(H,11,15)(H,12,16). The molecule has 0 saturated heterocycles. The second-order valence-corrected chi connectivity index (χ2v) is 3.53. The first-order chi connectivity index (χ1) is 7.50.